The molecule has 0 fully saturated rings. The first-order valence-corrected chi connectivity index (χ1v) is 8.88. The molecule has 1 aromatic carbocycles. The van der Waals surface area contributed by atoms with Crippen LogP contribution in [0.5, 0.6) is 11.5 Å². The van der Waals surface area contributed by atoms with Crippen LogP contribution in [0.3, 0.4) is 0 Å². The van der Waals surface area contributed by atoms with E-state index in [9.17, 15) is 4.79 Å². The van der Waals surface area contributed by atoms with Crippen LogP contribution in [0.1, 0.15) is 27.7 Å². The van der Waals surface area contributed by atoms with Crippen molar-refractivity contribution in [3.63, 3.8) is 0 Å². The van der Waals surface area contributed by atoms with Gasteiger partial charge in [-0.3, -0.25) is 9.79 Å². The fourth-order valence-electron chi connectivity index (χ4n) is 2.24. The molecule has 7 nitrogen and oxygen atoms in total. The van der Waals surface area contributed by atoms with Crippen molar-refractivity contribution < 1.29 is 14.3 Å². The molecule has 154 valence electrons. The van der Waals surface area contributed by atoms with Crippen LogP contribution in [0.2, 0.25) is 0 Å². The van der Waals surface area contributed by atoms with Gasteiger partial charge in [-0.25, -0.2) is 0 Å². The summed E-state index contributed by atoms with van der Waals surface area (Å²) in [4.78, 5) is 16.4. The Kier molecular flexibility index (Phi) is 11.8. The van der Waals surface area contributed by atoms with E-state index in [1.807, 2.05) is 52.0 Å². The second-order valence-electron chi connectivity index (χ2n) is 6.62. The molecule has 1 aromatic rings. The Bertz CT molecular complexity index is 608. The molecule has 0 heterocycles. The van der Waals surface area contributed by atoms with Crippen LogP contribution < -0.4 is 25.4 Å². The van der Waals surface area contributed by atoms with Gasteiger partial charge in [0, 0.05) is 13.6 Å². The number of ether oxygens (including phenoxy) is 2. The predicted molar refractivity (Wildman–Crippen MR) is 120 cm³/mol. The van der Waals surface area contributed by atoms with Crippen LogP contribution in [0, 0.1) is 5.41 Å². The molecule has 0 saturated carbocycles. The summed E-state index contributed by atoms with van der Waals surface area (Å²) in [5.74, 6) is 2.02. The number of benzene rings is 1. The molecule has 0 aliphatic carbocycles. The highest BCUT2D eigenvalue weighted by Gasteiger charge is 2.26. The first-order chi connectivity index (χ1) is 12.3. The molecular formula is C19H33IN4O3. The van der Waals surface area contributed by atoms with Gasteiger partial charge in [0.1, 0.15) is 6.10 Å². The number of hydrogen-bond acceptors (Lipinski definition) is 4. The zero-order valence-electron chi connectivity index (χ0n) is 17.1. The monoisotopic (exact) mass is 492 g/mol. The van der Waals surface area contributed by atoms with Gasteiger partial charge in [0.25, 0.3) is 0 Å². The lowest BCUT2D eigenvalue weighted by Gasteiger charge is -2.22. The summed E-state index contributed by atoms with van der Waals surface area (Å²) >= 11 is 0. The Morgan fingerprint density at radius 2 is 1.85 bits per heavy atom. The maximum atomic E-state index is 11.9. The summed E-state index contributed by atoms with van der Waals surface area (Å²) in [6, 6.07) is 7.55. The molecule has 0 aromatic heterocycles. The summed E-state index contributed by atoms with van der Waals surface area (Å²) < 4.78 is 11.2. The second kappa shape index (κ2) is 12.6. The number of guanidine groups is 1. The number of halogens is 1. The number of methoxy groups -OCH3 is 1. The Balaban J connectivity index is 0.00000676. The van der Waals surface area contributed by atoms with Gasteiger partial charge in [-0.05, 0) is 39.8 Å². The molecule has 3 N–H and O–H groups in total. The second-order valence-corrected chi connectivity index (χ2v) is 6.62. The van der Waals surface area contributed by atoms with E-state index in [-0.39, 0.29) is 36.0 Å². The highest BCUT2D eigenvalue weighted by molar-refractivity contribution is 14.0. The van der Waals surface area contributed by atoms with E-state index in [1.54, 1.807) is 14.2 Å². The van der Waals surface area contributed by atoms with E-state index in [0.29, 0.717) is 30.5 Å². The zero-order chi connectivity index (χ0) is 19.6. The summed E-state index contributed by atoms with van der Waals surface area (Å²) in [6.45, 7) is 9.37. The number of hydrogen-bond donors (Lipinski definition) is 3. The van der Waals surface area contributed by atoms with Gasteiger partial charge < -0.3 is 25.4 Å². The fraction of sp³-hybridized carbons (Fsp3) is 0.579. The molecule has 0 saturated heterocycles. The van der Waals surface area contributed by atoms with Crippen molar-refractivity contribution in [2.75, 3.05) is 33.8 Å². The zero-order valence-corrected chi connectivity index (χ0v) is 19.4. The number of carbonyl (C=O) groups is 1. The summed E-state index contributed by atoms with van der Waals surface area (Å²) in [7, 11) is 3.25. The Morgan fingerprint density at radius 3 is 2.41 bits per heavy atom. The van der Waals surface area contributed by atoms with E-state index < -0.39 is 5.41 Å². The lowest BCUT2D eigenvalue weighted by atomic mass is 9.93. The van der Waals surface area contributed by atoms with Crippen molar-refractivity contribution >= 4 is 35.8 Å². The molecule has 27 heavy (non-hydrogen) atoms. The maximum Gasteiger partial charge on any atom is 0.227 e. The highest BCUT2D eigenvalue weighted by atomic mass is 127. The molecule has 0 aliphatic heterocycles. The summed E-state index contributed by atoms with van der Waals surface area (Å²) in [6.07, 6.45) is -0.0953. The smallest absolute Gasteiger partial charge is 0.227 e. The molecule has 0 spiro atoms. The third kappa shape index (κ3) is 8.68. The van der Waals surface area contributed by atoms with Crippen molar-refractivity contribution in [2.45, 2.75) is 33.8 Å². The largest absolute Gasteiger partial charge is 0.493 e. The van der Waals surface area contributed by atoms with Gasteiger partial charge in [0.2, 0.25) is 5.91 Å². The van der Waals surface area contributed by atoms with Gasteiger partial charge in [-0.15, -0.1) is 24.0 Å². The number of rotatable bonds is 9. The standard InChI is InChI=1S/C19H32N4O3.HI/c1-7-21-18(23-13-19(3,4)17(24)20-5)22-12-14(2)26-16-11-9-8-10-15(16)25-6;/h8-11,14H,7,12-13H2,1-6H3,(H,20,24)(H2,21,22,23);1H. The normalized spacial score (nSPS) is 12.4. The Morgan fingerprint density at radius 1 is 1.22 bits per heavy atom. The van der Waals surface area contributed by atoms with Gasteiger partial charge in [0.05, 0.1) is 25.6 Å². The average Bonchev–Trinajstić information content (AvgIpc) is 2.63. The SMILES string of the molecule is CCNC(=NCC(C)(C)C(=O)NC)NCC(C)Oc1ccccc1OC.I. The van der Waals surface area contributed by atoms with Crippen molar-refractivity contribution in [1.29, 1.82) is 0 Å². The van der Waals surface area contributed by atoms with Crippen LogP contribution >= 0.6 is 24.0 Å². The highest BCUT2D eigenvalue weighted by Crippen LogP contribution is 2.26. The lowest BCUT2D eigenvalue weighted by molar-refractivity contribution is -0.128. The van der Waals surface area contributed by atoms with E-state index >= 15 is 0 Å². The first-order valence-electron chi connectivity index (χ1n) is 8.88. The molecule has 0 aliphatic rings. The Hall–Kier alpha value is -1.71. The molecular weight excluding hydrogens is 459 g/mol. The summed E-state index contributed by atoms with van der Waals surface area (Å²) in [5, 5.41) is 9.10. The predicted octanol–water partition coefficient (Wildman–Crippen LogP) is 2.41. The number of para-hydroxylation sites is 2. The number of aliphatic imine (C=N–C) groups is 1. The lowest BCUT2D eigenvalue weighted by Crippen LogP contribution is -2.43. The van der Waals surface area contributed by atoms with Crippen molar-refractivity contribution in [1.82, 2.24) is 16.0 Å². The molecule has 1 unspecified atom stereocenters. The number of amides is 1. The quantitative estimate of drug-likeness (QED) is 0.280. The van der Waals surface area contributed by atoms with E-state index in [4.69, 9.17) is 9.47 Å². The van der Waals surface area contributed by atoms with Gasteiger partial charge in [-0.2, -0.15) is 0 Å². The minimum absolute atomic E-state index is 0. The minimum atomic E-state index is -0.573. The molecule has 1 amide bonds. The van der Waals surface area contributed by atoms with Crippen molar-refractivity contribution in [3.05, 3.63) is 24.3 Å². The number of carbonyl (C=O) groups excluding carboxylic acids is 1. The van der Waals surface area contributed by atoms with Crippen LogP contribution in [-0.4, -0.2) is 51.8 Å². The van der Waals surface area contributed by atoms with E-state index in [1.165, 1.54) is 0 Å². The molecule has 1 atom stereocenters. The van der Waals surface area contributed by atoms with Crippen LogP contribution in [0.15, 0.2) is 29.3 Å². The van der Waals surface area contributed by atoms with Crippen molar-refractivity contribution in [3.8, 4) is 11.5 Å². The van der Waals surface area contributed by atoms with Gasteiger partial charge in [-0.1, -0.05) is 12.1 Å². The number of nitrogens with zero attached hydrogens (tertiary/aromatic N) is 1. The van der Waals surface area contributed by atoms with Crippen molar-refractivity contribution in [2.24, 2.45) is 10.4 Å². The molecule has 1 rings (SSSR count). The molecule has 0 radical (unpaired) electrons. The van der Waals surface area contributed by atoms with Crippen LogP contribution in [0.4, 0.5) is 0 Å². The average molecular weight is 492 g/mol. The van der Waals surface area contributed by atoms with Crippen LogP contribution in [0.25, 0.3) is 0 Å². The Labute approximate surface area is 179 Å². The molecule has 8 heteroatoms. The first kappa shape index (κ1) is 25.3. The van der Waals surface area contributed by atoms with Gasteiger partial charge >= 0.3 is 0 Å². The van der Waals surface area contributed by atoms with E-state index in [2.05, 4.69) is 20.9 Å². The third-order valence-corrected chi connectivity index (χ3v) is 3.77. The van der Waals surface area contributed by atoms with E-state index in [0.717, 1.165) is 6.54 Å². The molecule has 0 bridgehead atoms. The topological polar surface area (TPSA) is 84.0 Å². The summed E-state index contributed by atoms with van der Waals surface area (Å²) in [5.41, 5.74) is -0.573. The maximum absolute atomic E-state index is 11.9. The van der Waals surface area contributed by atoms with Crippen LogP contribution in [-0.2, 0) is 4.79 Å². The van der Waals surface area contributed by atoms with Gasteiger partial charge in [0.15, 0.2) is 17.5 Å². The number of nitrogens with one attached hydrogen (secondary N) is 3. The minimum Gasteiger partial charge on any atom is -0.493 e. The third-order valence-electron chi connectivity index (χ3n) is 3.77. The fourth-order valence-corrected chi connectivity index (χ4v) is 2.24.